The van der Waals surface area contributed by atoms with Gasteiger partial charge in [0.1, 0.15) is 0 Å². The molecule has 0 heterocycles. The van der Waals surface area contributed by atoms with E-state index in [4.69, 9.17) is 0 Å². The van der Waals surface area contributed by atoms with E-state index in [1.807, 2.05) is 0 Å². The van der Waals surface area contributed by atoms with Crippen LogP contribution in [0.1, 0.15) is 0 Å². The Bertz CT molecular complexity index is 738. The average Bonchev–Trinajstić information content (AvgIpc) is 2.57. The number of hydrogen-bond acceptors (Lipinski definition) is 0. The Morgan fingerprint density at radius 1 is 0.265 bits per heavy atom. The molecule has 0 amide bonds. The maximum atomic E-state index is 13.2. The van der Waals surface area contributed by atoms with Crippen molar-refractivity contribution in [1.82, 2.24) is 0 Å². The summed E-state index contributed by atoms with van der Waals surface area (Å²) in [5.41, 5.74) is 0. The summed E-state index contributed by atoms with van der Waals surface area (Å²) in [5, 5.41) is 0. The fourth-order valence-electron chi connectivity index (χ4n) is 1.49. The van der Waals surface area contributed by atoms with Crippen LogP contribution in [0, 0.1) is 0 Å². The molecule has 0 rings (SSSR count). The summed E-state index contributed by atoms with van der Waals surface area (Å²) in [6, 6.07) is 0. The average molecular weight is 684 g/mol. The second kappa shape index (κ2) is 8.06. The molecule has 0 unspecified atom stereocenters. The van der Waals surface area contributed by atoms with Crippen LogP contribution in [-0.2, 0) is 0 Å². The van der Waals surface area contributed by atoms with Gasteiger partial charge in [0.05, 0.1) is 0 Å². The molecule has 0 aromatic heterocycles. The zero-order chi connectivity index (χ0) is 28.6. The van der Waals surface area contributed by atoms with Crippen molar-refractivity contribution in [3.8, 4) is 0 Å². The topological polar surface area (TPSA) is 0 Å². The standard InChI is InChI=1S/C10F23I/c11-1(12,3(15,16)5(19,20)7(23,24)25)2(13,14)4(17,18)6(21,22)9(29,30)34(33)10(31,32)8(26,27)28. The molecule has 0 aliphatic rings. The molecule has 0 saturated heterocycles. The Labute approximate surface area is 176 Å². The molecule has 0 aliphatic heterocycles. The molecule has 0 saturated carbocycles. The van der Waals surface area contributed by atoms with Crippen molar-refractivity contribution < 1.29 is 99.4 Å². The summed E-state index contributed by atoms with van der Waals surface area (Å²) in [4.78, 5) is 0. The number of halogens is 24. The number of alkyl halides is 24. The van der Waals surface area contributed by atoms with Gasteiger partial charge >= 0.3 is 176 Å². The van der Waals surface area contributed by atoms with Crippen LogP contribution in [0.4, 0.5) is 99.4 Å². The van der Waals surface area contributed by atoms with Gasteiger partial charge in [0.15, 0.2) is 0 Å². The second-order valence-electron chi connectivity index (χ2n) is 5.67. The fraction of sp³-hybridized carbons (Fsp3) is 1.00. The van der Waals surface area contributed by atoms with E-state index in [1.165, 1.54) is 0 Å². The first kappa shape index (κ1) is 33.1. The van der Waals surface area contributed by atoms with Crippen LogP contribution >= 0.6 is 20.4 Å². The molecule has 0 N–H and O–H groups in total. The van der Waals surface area contributed by atoms with Crippen molar-refractivity contribution >= 4 is 20.4 Å². The zero-order valence-electron chi connectivity index (χ0n) is 14.1. The van der Waals surface area contributed by atoms with Gasteiger partial charge in [-0.1, -0.05) is 0 Å². The van der Waals surface area contributed by atoms with Gasteiger partial charge in [-0.25, -0.2) is 0 Å². The molecule has 24 heteroatoms. The number of rotatable bonds is 8. The van der Waals surface area contributed by atoms with Crippen LogP contribution in [0.25, 0.3) is 0 Å². The van der Waals surface area contributed by atoms with Crippen LogP contribution in [0.15, 0.2) is 0 Å². The van der Waals surface area contributed by atoms with Crippen LogP contribution < -0.4 is 0 Å². The predicted octanol–water partition coefficient (Wildman–Crippen LogP) is 8.50. The van der Waals surface area contributed by atoms with E-state index < -0.39 is 76.1 Å². The summed E-state index contributed by atoms with van der Waals surface area (Å²) in [7, 11) is 0. The molecule has 0 bridgehead atoms. The van der Waals surface area contributed by atoms with E-state index in [0.717, 1.165) is 0 Å². The summed E-state index contributed by atoms with van der Waals surface area (Å²) in [6.45, 7) is 0. The van der Waals surface area contributed by atoms with E-state index in [9.17, 15) is 99.4 Å². The third kappa shape index (κ3) is 4.09. The molecule has 0 fully saturated rings. The van der Waals surface area contributed by atoms with E-state index in [1.54, 1.807) is 0 Å². The third-order valence-corrected chi connectivity index (χ3v) is 7.09. The van der Waals surface area contributed by atoms with E-state index >= 15 is 0 Å². The monoisotopic (exact) mass is 684 g/mol. The molecule has 0 atom stereocenters. The van der Waals surface area contributed by atoms with Gasteiger partial charge in [-0.05, 0) is 0 Å². The van der Waals surface area contributed by atoms with Crippen LogP contribution in [0.3, 0.4) is 0 Å². The summed E-state index contributed by atoms with van der Waals surface area (Å²) in [6.07, 6.45) is -15.7. The van der Waals surface area contributed by atoms with E-state index in [0.29, 0.717) is 0 Å². The van der Waals surface area contributed by atoms with Crippen LogP contribution in [0.2, 0.25) is 0 Å². The summed E-state index contributed by atoms with van der Waals surface area (Å²) in [5.74, 6) is -53.8. The van der Waals surface area contributed by atoms with Crippen molar-refractivity contribution in [3.05, 3.63) is 0 Å². The molecule has 0 aliphatic carbocycles. The third-order valence-electron chi connectivity index (χ3n) is 3.42. The van der Waals surface area contributed by atoms with E-state index in [2.05, 4.69) is 0 Å². The van der Waals surface area contributed by atoms with E-state index in [-0.39, 0.29) is 0 Å². The summed E-state index contributed by atoms with van der Waals surface area (Å²) < 4.78 is 276. The molecule has 0 aromatic carbocycles. The minimum absolute atomic E-state index is 7.63. The fourth-order valence-corrected chi connectivity index (χ4v) is 3.81. The van der Waals surface area contributed by atoms with Crippen molar-refractivity contribution in [2.75, 3.05) is 0 Å². The molecule has 0 aromatic rings. The van der Waals surface area contributed by atoms with Crippen molar-refractivity contribution in [3.63, 3.8) is 0 Å². The Morgan fingerprint density at radius 3 is 0.735 bits per heavy atom. The first-order valence-electron chi connectivity index (χ1n) is 6.68. The normalized spacial score (nSPS) is 17.2. The van der Waals surface area contributed by atoms with Gasteiger partial charge in [-0.2, -0.15) is 0 Å². The molecule has 0 radical (unpaired) electrons. The maximum absolute atomic E-state index is 13.2. The molecule has 34 heavy (non-hydrogen) atoms. The van der Waals surface area contributed by atoms with Crippen molar-refractivity contribution in [2.45, 2.75) is 55.7 Å². The summed E-state index contributed by atoms with van der Waals surface area (Å²) >= 11 is -9.04. The molecule has 208 valence electrons. The van der Waals surface area contributed by atoms with Crippen LogP contribution in [-0.4, -0.2) is 55.7 Å². The quantitative estimate of drug-likeness (QED) is 0.137. The zero-order valence-corrected chi connectivity index (χ0v) is 16.2. The SMILES string of the molecule is FI(C(F)(F)C(F)(F)F)C(F)(F)C(F)(F)C(F)(F)C(F)(F)C(F)(F)C(F)(F)C(F)(F)C(F)(F)F. The van der Waals surface area contributed by atoms with Gasteiger partial charge in [-0.3, -0.25) is 0 Å². The minimum atomic E-state index is -9.21. The predicted molar refractivity (Wildman–Crippen MR) is 66.8 cm³/mol. The molecular formula is C10F23I. The Hall–Kier alpha value is -0.880. The first-order valence-corrected chi connectivity index (χ1v) is 9.65. The van der Waals surface area contributed by atoms with Crippen molar-refractivity contribution in [2.24, 2.45) is 0 Å². The first-order chi connectivity index (χ1) is 14.2. The van der Waals surface area contributed by atoms with Crippen LogP contribution in [0.5, 0.6) is 0 Å². The van der Waals surface area contributed by atoms with Gasteiger partial charge in [0.2, 0.25) is 0 Å². The van der Waals surface area contributed by atoms with Gasteiger partial charge in [0.25, 0.3) is 0 Å². The van der Waals surface area contributed by atoms with Gasteiger partial charge < -0.3 is 0 Å². The van der Waals surface area contributed by atoms with Gasteiger partial charge in [0, 0.05) is 0 Å². The molecular weight excluding hydrogens is 684 g/mol. The second-order valence-corrected chi connectivity index (χ2v) is 9.74. The molecule has 0 spiro atoms. The van der Waals surface area contributed by atoms with Gasteiger partial charge in [-0.15, -0.1) is 0 Å². The Balaban J connectivity index is 6.96. The number of hydrogen-bond donors (Lipinski definition) is 0. The Kier molecular flexibility index (Phi) is 7.85. The Morgan fingerprint density at radius 2 is 0.500 bits per heavy atom. The van der Waals surface area contributed by atoms with Crippen molar-refractivity contribution in [1.29, 1.82) is 0 Å². The molecule has 0 nitrogen and oxygen atoms in total.